The van der Waals surface area contributed by atoms with Gasteiger partial charge in [-0.25, -0.2) is 0 Å². The summed E-state index contributed by atoms with van der Waals surface area (Å²) in [6.45, 7) is 2.54. The van der Waals surface area contributed by atoms with Crippen LogP contribution in [0.2, 0.25) is 0 Å². The van der Waals surface area contributed by atoms with Crippen molar-refractivity contribution in [3.05, 3.63) is 60.2 Å². The topological polar surface area (TPSA) is 59.6 Å². The molecule has 25 heavy (non-hydrogen) atoms. The summed E-state index contributed by atoms with van der Waals surface area (Å²) >= 11 is 0. The number of aliphatic imine (C=N–C) groups is 1. The van der Waals surface area contributed by atoms with Crippen molar-refractivity contribution in [1.82, 2.24) is 0 Å². The number of alkyl halides is 3. The molecule has 0 aliphatic heterocycles. The van der Waals surface area contributed by atoms with E-state index in [0.29, 0.717) is 12.2 Å². The zero-order chi connectivity index (χ0) is 17.6. The monoisotopic (exact) mass is 465 g/mol. The molecule has 0 spiro atoms. The number of ether oxygens (including phenoxy) is 1. The number of nitrogens with two attached hydrogens (primary N) is 1. The van der Waals surface area contributed by atoms with E-state index in [1.54, 1.807) is 0 Å². The van der Waals surface area contributed by atoms with Crippen molar-refractivity contribution in [2.75, 3.05) is 11.9 Å². The number of nitrogens with one attached hydrogen (secondary N) is 1. The summed E-state index contributed by atoms with van der Waals surface area (Å²) in [7, 11) is 0. The summed E-state index contributed by atoms with van der Waals surface area (Å²) in [6.07, 6.45) is -4.71. The number of halogens is 4. The fourth-order valence-electron chi connectivity index (χ4n) is 2.05. The average molecular weight is 465 g/mol. The number of anilines is 1. The molecule has 0 bridgehead atoms. The van der Waals surface area contributed by atoms with Crippen LogP contribution in [0, 0.1) is 0 Å². The third-order valence-corrected chi connectivity index (χ3v) is 3.26. The van der Waals surface area contributed by atoms with E-state index in [9.17, 15) is 13.2 Å². The van der Waals surface area contributed by atoms with Gasteiger partial charge in [0.2, 0.25) is 0 Å². The van der Waals surface area contributed by atoms with Gasteiger partial charge in [-0.15, -0.1) is 37.1 Å². The van der Waals surface area contributed by atoms with E-state index in [-0.39, 0.29) is 41.6 Å². The van der Waals surface area contributed by atoms with Crippen molar-refractivity contribution in [1.29, 1.82) is 0 Å². The maximum absolute atomic E-state index is 12.1. The first-order valence-electron chi connectivity index (χ1n) is 7.31. The Morgan fingerprint density at radius 3 is 2.28 bits per heavy atom. The second kappa shape index (κ2) is 9.50. The van der Waals surface area contributed by atoms with Gasteiger partial charge in [-0.05, 0) is 29.8 Å². The zero-order valence-electron chi connectivity index (χ0n) is 13.5. The quantitative estimate of drug-likeness (QED) is 0.381. The van der Waals surface area contributed by atoms with Crippen molar-refractivity contribution in [3.63, 3.8) is 0 Å². The molecule has 0 amide bonds. The van der Waals surface area contributed by atoms with Crippen LogP contribution in [0.1, 0.15) is 18.4 Å². The lowest BCUT2D eigenvalue weighted by Gasteiger charge is -2.11. The van der Waals surface area contributed by atoms with Crippen LogP contribution in [-0.2, 0) is 0 Å². The standard InChI is InChI=1S/C17H18F3N3O.HI/c1-12(13-5-3-2-4-6-13)11-22-16(21)23-14-7-9-15(10-8-14)24-17(18,19)20;/h2-10,12H,11H2,1H3,(H3,21,22,23);1H. The largest absolute Gasteiger partial charge is 0.573 e. The van der Waals surface area contributed by atoms with Crippen molar-refractivity contribution in [3.8, 4) is 5.75 Å². The first-order valence-corrected chi connectivity index (χ1v) is 7.31. The predicted molar refractivity (Wildman–Crippen MR) is 104 cm³/mol. The number of hydrogen-bond acceptors (Lipinski definition) is 2. The lowest BCUT2D eigenvalue weighted by Crippen LogP contribution is -2.23. The average Bonchev–Trinajstić information content (AvgIpc) is 2.54. The molecule has 8 heteroatoms. The lowest BCUT2D eigenvalue weighted by molar-refractivity contribution is -0.274. The molecule has 3 N–H and O–H groups in total. The van der Waals surface area contributed by atoms with Gasteiger partial charge in [0.05, 0.1) is 0 Å². The van der Waals surface area contributed by atoms with Gasteiger partial charge in [-0.1, -0.05) is 37.3 Å². The van der Waals surface area contributed by atoms with Crippen LogP contribution in [0.3, 0.4) is 0 Å². The predicted octanol–water partition coefficient (Wildman–Crippen LogP) is 4.73. The van der Waals surface area contributed by atoms with Crippen LogP contribution in [0.4, 0.5) is 18.9 Å². The summed E-state index contributed by atoms with van der Waals surface area (Å²) in [5.41, 5.74) is 7.48. The van der Waals surface area contributed by atoms with Crippen LogP contribution in [0.15, 0.2) is 59.6 Å². The maximum atomic E-state index is 12.1. The highest BCUT2D eigenvalue weighted by atomic mass is 127. The van der Waals surface area contributed by atoms with E-state index in [1.807, 2.05) is 37.3 Å². The molecule has 0 radical (unpaired) electrons. The molecular formula is C17H19F3IN3O. The van der Waals surface area contributed by atoms with Gasteiger partial charge in [0, 0.05) is 18.2 Å². The van der Waals surface area contributed by atoms with Gasteiger partial charge in [-0.2, -0.15) is 0 Å². The Morgan fingerprint density at radius 1 is 1.12 bits per heavy atom. The van der Waals surface area contributed by atoms with Gasteiger partial charge in [-0.3, -0.25) is 4.99 Å². The summed E-state index contributed by atoms with van der Waals surface area (Å²) in [5, 5.41) is 2.83. The number of nitrogens with zero attached hydrogens (tertiary/aromatic N) is 1. The van der Waals surface area contributed by atoms with Gasteiger partial charge >= 0.3 is 6.36 Å². The molecule has 2 aromatic rings. The molecular weight excluding hydrogens is 446 g/mol. The minimum atomic E-state index is -4.71. The Balaban J connectivity index is 0.00000312. The Morgan fingerprint density at radius 2 is 1.72 bits per heavy atom. The van der Waals surface area contributed by atoms with Crippen LogP contribution < -0.4 is 15.8 Å². The first kappa shape index (κ1) is 21.1. The summed E-state index contributed by atoms with van der Waals surface area (Å²) in [6, 6.07) is 15.2. The molecule has 0 aliphatic rings. The number of hydrogen-bond donors (Lipinski definition) is 2. The highest BCUT2D eigenvalue weighted by Gasteiger charge is 2.30. The Bertz CT molecular complexity index is 676. The lowest BCUT2D eigenvalue weighted by atomic mass is 10.0. The fourth-order valence-corrected chi connectivity index (χ4v) is 2.05. The third kappa shape index (κ3) is 7.63. The fraction of sp³-hybridized carbons (Fsp3) is 0.235. The molecule has 1 atom stereocenters. The SMILES string of the molecule is CC(CN=C(N)Nc1ccc(OC(F)(F)F)cc1)c1ccccc1.I. The van der Waals surface area contributed by atoms with E-state index in [1.165, 1.54) is 24.3 Å². The second-order valence-electron chi connectivity index (χ2n) is 5.23. The molecule has 2 rings (SSSR count). The number of guanidine groups is 1. The summed E-state index contributed by atoms with van der Waals surface area (Å²) in [4.78, 5) is 4.25. The maximum Gasteiger partial charge on any atom is 0.573 e. The van der Waals surface area contributed by atoms with E-state index < -0.39 is 6.36 Å². The third-order valence-electron chi connectivity index (χ3n) is 3.26. The van der Waals surface area contributed by atoms with E-state index in [0.717, 1.165) is 5.56 Å². The van der Waals surface area contributed by atoms with E-state index in [4.69, 9.17) is 5.73 Å². The van der Waals surface area contributed by atoms with Crippen molar-refractivity contribution in [2.45, 2.75) is 19.2 Å². The minimum absolute atomic E-state index is 0. The zero-order valence-corrected chi connectivity index (χ0v) is 15.8. The van der Waals surface area contributed by atoms with E-state index >= 15 is 0 Å². The van der Waals surface area contributed by atoms with Gasteiger partial charge < -0.3 is 15.8 Å². The van der Waals surface area contributed by atoms with Crippen molar-refractivity contribution >= 4 is 35.6 Å². The molecule has 0 fully saturated rings. The van der Waals surface area contributed by atoms with E-state index in [2.05, 4.69) is 15.0 Å². The second-order valence-corrected chi connectivity index (χ2v) is 5.23. The molecule has 0 saturated heterocycles. The molecule has 0 aromatic heterocycles. The highest BCUT2D eigenvalue weighted by Crippen LogP contribution is 2.23. The van der Waals surface area contributed by atoms with Gasteiger partial charge in [0.25, 0.3) is 0 Å². The Hall–Kier alpha value is -1.97. The van der Waals surface area contributed by atoms with Crippen LogP contribution in [0.25, 0.3) is 0 Å². The molecule has 4 nitrogen and oxygen atoms in total. The van der Waals surface area contributed by atoms with Crippen LogP contribution in [-0.4, -0.2) is 18.9 Å². The minimum Gasteiger partial charge on any atom is -0.406 e. The van der Waals surface area contributed by atoms with Gasteiger partial charge in [0.15, 0.2) is 5.96 Å². The van der Waals surface area contributed by atoms with Crippen LogP contribution >= 0.6 is 24.0 Å². The highest BCUT2D eigenvalue weighted by molar-refractivity contribution is 14.0. The van der Waals surface area contributed by atoms with Crippen molar-refractivity contribution < 1.29 is 17.9 Å². The summed E-state index contributed by atoms with van der Waals surface area (Å²) < 4.78 is 40.1. The summed E-state index contributed by atoms with van der Waals surface area (Å²) in [5.74, 6) is 0.109. The molecule has 136 valence electrons. The van der Waals surface area contributed by atoms with Crippen LogP contribution in [0.5, 0.6) is 5.75 Å². The Labute approximate surface area is 161 Å². The molecule has 0 aliphatic carbocycles. The van der Waals surface area contributed by atoms with Crippen molar-refractivity contribution in [2.24, 2.45) is 10.7 Å². The first-order chi connectivity index (χ1) is 11.3. The molecule has 2 aromatic carbocycles. The molecule has 1 unspecified atom stereocenters. The normalized spacial score (nSPS) is 12.9. The smallest absolute Gasteiger partial charge is 0.406 e. The number of rotatable bonds is 5. The molecule has 0 saturated carbocycles. The van der Waals surface area contributed by atoms with Gasteiger partial charge in [0.1, 0.15) is 5.75 Å². The number of benzene rings is 2. The molecule has 0 heterocycles. The Kier molecular flexibility index (Phi) is 8.01.